The SMILES string of the molecule is CC1(C)[C@H](C(=O)OCC#N)N2C(=O)[C@@H](NC(=O)COc3ccccc3)[C@H]2S1(=O)=O. The molecule has 2 aliphatic heterocycles. The van der Waals surface area contributed by atoms with Crippen LogP contribution in [0, 0.1) is 11.3 Å². The molecule has 1 aromatic rings. The van der Waals surface area contributed by atoms with E-state index in [2.05, 4.69) is 5.32 Å². The van der Waals surface area contributed by atoms with E-state index in [0.29, 0.717) is 5.75 Å². The number of sulfone groups is 1. The van der Waals surface area contributed by atoms with Crippen molar-refractivity contribution in [1.82, 2.24) is 10.2 Å². The number of carbonyl (C=O) groups excluding carboxylic acids is 3. The predicted octanol–water partition coefficient (Wildman–Crippen LogP) is -0.639. The van der Waals surface area contributed by atoms with Gasteiger partial charge in [-0.15, -0.1) is 0 Å². The van der Waals surface area contributed by atoms with Gasteiger partial charge in [0.1, 0.15) is 28.6 Å². The van der Waals surface area contributed by atoms with E-state index in [1.165, 1.54) is 13.8 Å². The predicted molar refractivity (Wildman–Crippen MR) is 97.9 cm³/mol. The highest BCUT2D eigenvalue weighted by atomic mass is 32.2. The van der Waals surface area contributed by atoms with Crippen LogP contribution in [0.3, 0.4) is 0 Å². The maximum absolute atomic E-state index is 12.9. The smallest absolute Gasteiger partial charge is 0.331 e. The van der Waals surface area contributed by atoms with E-state index in [0.717, 1.165) is 4.90 Å². The van der Waals surface area contributed by atoms with Gasteiger partial charge in [-0.2, -0.15) is 5.26 Å². The zero-order valence-corrected chi connectivity index (χ0v) is 16.5. The highest BCUT2D eigenvalue weighted by Crippen LogP contribution is 2.46. The average Bonchev–Trinajstić information content (AvgIpc) is 2.83. The van der Waals surface area contributed by atoms with Gasteiger partial charge in [0.2, 0.25) is 5.91 Å². The summed E-state index contributed by atoms with van der Waals surface area (Å²) in [4.78, 5) is 37.9. The van der Waals surface area contributed by atoms with Crippen molar-refractivity contribution in [3.05, 3.63) is 30.3 Å². The van der Waals surface area contributed by atoms with Gasteiger partial charge in [-0.1, -0.05) is 18.2 Å². The summed E-state index contributed by atoms with van der Waals surface area (Å²) in [5, 5.41) is 9.54. The van der Waals surface area contributed by atoms with Crippen LogP contribution in [0.5, 0.6) is 5.75 Å². The van der Waals surface area contributed by atoms with Crippen molar-refractivity contribution in [2.75, 3.05) is 13.2 Å². The number of esters is 1. The Morgan fingerprint density at radius 3 is 2.55 bits per heavy atom. The Kier molecular flexibility index (Phi) is 5.23. The summed E-state index contributed by atoms with van der Waals surface area (Å²) in [5.74, 6) is -1.92. The Balaban J connectivity index is 1.73. The van der Waals surface area contributed by atoms with E-state index in [4.69, 9.17) is 14.7 Å². The number of nitrogens with zero attached hydrogens (tertiary/aromatic N) is 2. The van der Waals surface area contributed by atoms with Gasteiger partial charge in [-0.3, -0.25) is 9.59 Å². The first-order chi connectivity index (χ1) is 13.6. The quantitative estimate of drug-likeness (QED) is 0.472. The van der Waals surface area contributed by atoms with Gasteiger partial charge in [0, 0.05) is 0 Å². The van der Waals surface area contributed by atoms with E-state index in [9.17, 15) is 22.8 Å². The van der Waals surface area contributed by atoms with Crippen molar-refractivity contribution < 1.29 is 32.3 Å². The van der Waals surface area contributed by atoms with Crippen LogP contribution < -0.4 is 10.1 Å². The van der Waals surface area contributed by atoms with Crippen molar-refractivity contribution in [2.45, 2.75) is 36.1 Å². The Bertz CT molecular complexity index is 984. The van der Waals surface area contributed by atoms with Crippen LogP contribution in [0.1, 0.15) is 13.8 Å². The summed E-state index contributed by atoms with van der Waals surface area (Å²) in [5.41, 5.74) is 0. The third-order valence-corrected chi connectivity index (χ3v) is 7.82. The molecule has 2 aliphatic rings. The molecule has 154 valence electrons. The molecule has 2 saturated heterocycles. The van der Waals surface area contributed by atoms with Crippen LogP contribution >= 0.6 is 0 Å². The van der Waals surface area contributed by atoms with Gasteiger partial charge in [0.15, 0.2) is 28.4 Å². The number of benzene rings is 1. The minimum Gasteiger partial charge on any atom is -0.484 e. The average molecular weight is 421 g/mol. The zero-order chi connectivity index (χ0) is 21.4. The third kappa shape index (κ3) is 3.29. The van der Waals surface area contributed by atoms with Gasteiger partial charge < -0.3 is 19.7 Å². The molecule has 3 rings (SSSR count). The molecule has 1 N–H and O–H groups in total. The maximum Gasteiger partial charge on any atom is 0.331 e. The molecule has 2 fully saturated rings. The minimum atomic E-state index is -4.01. The second-order valence-corrected chi connectivity index (χ2v) is 9.73. The number of nitriles is 1. The molecule has 3 atom stereocenters. The van der Waals surface area contributed by atoms with E-state index in [1.807, 2.05) is 0 Å². The molecule has 2 amide bonds. The van der Waals surface area contributed by atoms with Gasteiger partial charge in [0.05, 0.1) is 0 Å². The molecule has 0 aliphatic carbocycles. The first-order valence-electron chi connectivity index (χ1n) is 8.69. The fourth-order valence-electron chi connectivity index (χ4n) is 3.48. The molecule has 0 bridgehead atoms. The molecule has 10 nitrogen and oxygen atoms in total. The minimum absolute atomic E-state index is 0.405. The summed E-state index contributed by atoms with van der Waals surface area (Å²) in [7, 11) is -4.01. The number of hydrogen-bond donors (Lipinski definition) is 1. The molecule has 0 aromatic heterocycles. The highest BCUT2D eigenvalue weighted by molar-refractivity contribution is 7.94. The van der Waals surface area contributed by atoms with E-state index >= 15 is 0 Å². The molecule has 0 saturated carbocycles. The Morgan fingerprint density at radius 1 is 1.28 bits per heavy atom. The highest BCUT2D eigenvalue weighted by Gasteiger charge is 2.72. The third-order valence-electron chi connectivity index (χ3n) is 5.00. The Morgan fingerprint density at radius 2 is 1.93 bits per heavy atom. The number of carbonyl (C=O) groups is 3. The zero-order valence-electron chi connectivity index (χ0n) is 15.7. The van der Waals surface area contributed by atoms with E-state index in [-0.39, 0.29) is 0 Å². The maximum atomic E-state index is 12.9. The molecule has 1 aromatic carbocycles. The molecular formula is C18H19N3O7S. The lowest BCUT2D eigenvalue weighted by atomic mass is 9.96. The summed E-state index contributed by atoms with van der Waals surface area (Å²) >= 11 is 0. The summed E-state index contributed by atoms with van der Waals surface area (Å²) in [6.07, 6.45) is 0. The lowest BCUT2D eigenvalue weighted by Crippen LogP contribution is -2.72. The molecular weight excluding hydrogens is 402 g/mol. The van der Waals surface area contributed by atoms with Crippen LogP contribution in [0.15, 0.2) is 30.3 Å². The van der Waals surface area contributed by atoms with Gasteiger partial charge in [-0.25, -0.2) is 13.2 Å². The Hall–Kier alpha value is -3.13. The van der Waals surface area contributed by atoms with Crippen molar-refractivity contribution >= 4 is 27.6 Å². The number of nitrogens with one attached hydrogen (secondary N) is 1. The van der Waals surface area contributed by atoms with Crippen molar-refractivity contribution in [3.63, 3.8) is 0 Å². The van der Waals surface area contributed by atoms with Gasteiger partial charge in [-0.05, 0) is 26.0 Å². The summed E-state index contributed by atoms with van der Waals surface area (Å²) in [6.45, 7) is 1.65. The van der Waals surface area contributed by atoms with Crippen molar-refractivity contribution in [2.24, 2.45) is 0 Å². The largest absolute Gasteiger partial charge is 0.484 e. The standard InChI is InChI=1S/C18H19N3O7S/c1-18(2)14(17(24)27-9-8-19)21-15(23)13(16(21)29(18,25)26)20-12(22)10-28-11-6-4-3-5-7-11/h3-7,13-14,16H,9-10H2,1-2H3,(H,20,22)/t13-,14+,16-/m1/s1. The molecule has 0 spiro atoms. The number of hydrogen-bond acceptors (Lipinski definition) is 8. The lowest BCUT2D eigenvalue weighted by molar-refractivity contribution is -0.163. The number of para-hydroxylation sites is 1. The van der Waals surface area contributed by atoms with Crippen molar-refractivity contribution in [1.29, 1.82) is 5.26 Å². The first kappa shape index (κ1) is 20.6. The lowest BCUT2D eigenvalue weighted by Gasteiger charge is -2.42. The molecule has 11 heteroatoms. The van der Waals surface area contributed by atoms with E-state index < -0.39 is 63.0 Å². The van der Waals surface area contributed by atoms with Crippen LogP contribution in [0.25, 0.3) is 0 Å². The second-order valence-electron chi connectivity index (χ2n) is 7.10. The summed E-state index contributed by atoms with van der Waals surface area (Å²) in [6, 6.07) is 7.41. The number of fused-ring (bicyclic) bond motifs is 1. The van der Waals surface area contributed by atoms with Crippen LogP contribution in [0.2, 0.25) is 0 Å². The first-order valence-corrected chi connectivity index (χ1v) is 10.2. The topological polar surface area (TPSA) is 143 Å². The second kappa shape index (κ2) is 7.36. The number of ether oxygens (including phenoxy) is 2. The molecule has 0 unspecified atom stereocenters. The van der Waals surface area contributed by atoms with Crippen LogP contribution in [-0.4, -0.2) is 66.5 Å². The molecule has 29 heavy (non-hydrogen) atoms. The fourth-order valence-corrected chi connectivity index (χ4v) is 5.70. The van der Waals surface area contributed by atoms with Crippen LogP contribution in [-0.2, 0) is 29.0 Å². The van der Waals surface area contributed by atoms with Crippen molar-refractivity contribution in [3.8, 4) is 11.8 Å². The van der Waals surface area contributed by atoms with Gasteiger partial charge >= 0.3 is 5.97 Å². The number of β-lactam (4-membered cyclic amide) rings is 1. The number of rotatable bonds is 6. The monoisotopic (exact) mass is 421 g/mol. The molecule has 0 radical (unpaired) electrons. The Labute approximate surface area is 167 Å². The van der Waals surface area contributed by atoms with Crippen LogP contribution in [0.4, 0.5) is 0 Å². The molecule has 2 heterocycles. The van der Waals surface area contributed by atoms with Gasteiger partial charge in [0.25, 0.3) is 5.91 Å². The normalized spacial score (nSPS) is 25.9. The summed E-state index contributed by atoms with van der Waals surface area (Å²) < 4.78 is 34.3. The van der Waals surface area contributed by atoms with E-state index in [1.54, 1.807) is 36.4 Å². The fraction of sp³-hybridized carbons (Fsp3) is 0.444. The number of amides is 2.